The van der Waals surface area contributed by atoms with Crippen molar-refractivity contribution in [3.8, 4) is 0 Å². The van der Waals surface area contributed by atoms with Crippen molar-refractivity contribution in [2.24, 2.45) is 0 Å². The summed E-state index contributed by atoms with van der Waals surface area (Å²) in [5, 5.41) is 8.42. The second-order valence-electron chi connectivity index (χ2n) is 1.86. The Labute approximate surface area is 53.7 Å². The van der Waals surface area contributed by atoms with Gasteiger partial charge in [0.05, 0.1) is 0 Å². The van der Waals surface area contributed by atoms with E-state index in [1.807, 2.05) is 0 Å². The van der Waals surface area contributed by atoms with E-state index in [2.05, 4.69) is 9.97 Å². The Kier molecular flexibility index (Phi) is 2.27. The minimum atomic E-state index is 0.237. The van der Waals surface area contributed by atoms with Crippen molar-refractivity contribution in [3.63, 3.8) is 0 Å². The van der Waals surface area contributed by atoms with Gasteiger partial charge in [0.25, 0.3) is 0 Å². The summed E-state index contributed by atoms with van der Waals surface area (Å²) >= 11 is 0. The summed E-state index contributed by atoms with van der Waals surface area (Å²) in [4.78, 5) is 6.94. The fourth-order valence-corrected chi connectivity index (χ4v) is 0.681. The summed E-state index contributed by atoms with van der Waals surface area (Å²) < 4.78 is 0. The molecule has 0 amide bonds. The first-order valence-corrected chi connectivity index (χ1v) is 3.02. The Balaban J connectivity index is 2.30. The third-order valence-electron chi connectivity index (χ3n) is 1.13. The van der Waals surface area contributed by atoms with Crippen LogP contribution in [0.1, 0.15) is 12.2 Å². The van der Waals surface area contributed by atoms with Gasteiger partial charge in [-0.2, -0.15) is 0 Å². The van der Waals surface area contributed by atoms with Crippen LogP contribution in [0, 0.1) is 0 Å². The predicted molar refractivity (Wildman–Crippen MR) is 34.0 cm³/mol. The van der Waals surface area contributed by atoms with E-state index in [0.29, 0.717) is 0 Å². The molecular formula is C6H10N2O. The number of nitrogens with one attached hydrogen (secondary N) is 1. The smallest absolute Gasteiger partial charge is 0.106 e. The summed E-state index contributed by atoms with van der Waals surface area (Å²) in [6, 6.07) is 0. The van der Waals surface area contributed by atoms with Crippen molar-refractivity contribution in [2.75, 3.05) is 6.61 Å². The number of H-pyrrole nitrogens is 1. The van der Waals surface area contributed by atoms with Crippen molar-refractivity contribution in [1.29, 1.82) is 0 Å². The highest BCUT2D eigenvalue weighted by Crippen LogP contribution is 1.92. The van der Waals surface area contributed by atoms with Crippen LogP contribution in [0.5, 0.6) is 0 Å². The number of imidazole rings is 1. The van der Waals surface area contributed by atoms with Crippen LogP contribution in [-0.4, -0.2) is 21.7 Å². The van der Waals surface area contributed by atoms with E-state index in [1.165, 1.54) is 0 Å². The number of aromatic amines is 1. The summed E-state index contributed by atoms with van der Waals surface area (Å²) in [5.41, 5.74) is 0. The quantitative estimate of drug-likeness (QED) is 0.613. The summed E-state index contributed by atoms with van der Waals surface area (Å²) in [6.45, 7) is 0.237. The van der Waals surface area contributed by atoms with E-state index in [0.717, 1.165) is 18.7 Å². The number of hydrogen-bond donors (Lipinski definition) is 2. The molecule has 1 aromatic heterocycles. The zero-order chi connectivity index (χ0) is 6.53. The van der Waals surface area contributed by atoms with E-state index in [9.17, 15) is 0 Å². The molecule has 9 heavy (non-hydrogen) atoms. The molecule has 0 saturated carbocycles. The predicted octanol–water partition coefficient (Wildman–Crippen LogP) is 0.335. The largest absolute Gasteiger partial charge is 0.396 e. The average Bonchev–Trinajstić information content (AvgIpc) is 2.34. The lowest BCUT2D eigenvalue weighted by Crippen LogP contribution is -1.90. The molecular weight excluding hydrogens is 116 g/mol. The molecule has 0 aliphatic heterocycles. The molecule has 0 fully saturated rings. The van der Waals surface area contributed by atoms with Gasteiger partial charge in [-0.15, -0.1) is 0 Å². The molecule has 0 atom stereocenters. The molecule has 3 nitrogen and oxygen atoms in total. The average molecular weight is 126 g/mol. The Morgan fingerprint density at radius 3 is 3.11 bits per heavy atom. The third-order valence-corrected chi connectivity index (χ3v) is 1.13. The van der Waals surface area contributed by atoms with Crippen LogP contribution >= 0.6 is 0 Å². The van der Waals surface area contributed by atoms with Gasteiger partial charge in [-0.3, -0.25) is 0 Å². The first-order valence-electron chi connectivity index (χ1n) is 3.02. The molecule has 0 aromatic carbocycles. The number of rotatable bonds is 3. The highest BCUT2D eigenvalue weighted by Gasteiger charge is 1.90. The molecule has 0 aliphatic carbocycles. The number of aryl methyl sites for hydroxylation is 1. The molecule has 3 heteroatoms. The molecule has 50 valence electrons. The fourth-order valence-electron chi connectivity index (χ4n) is 0.681. The van der Waals surface area contributed by atoms with E-state index in [1.54, 1.807) is 12.4 Å². The van der Waals surface area contributed by atoms with Crippen molar-refractivity contribution < 1.29 is 5.11 Å². The van der Waals surface area contributed by atoms with Gasteiger partial charge in [-0.05, 0) is 6.42 Å². The molecule has 0 spiro atoms. The summed E-state index contributed by atoms with van der Waals surface area (Å²) in [6.07, 6.45) is 5.12. The maximum Gasteiger partial charge on any atom is 0.106 e. The minimum Gasteiger partial charge on any atom is -0.396 e. The second kappa shape index (κ2) is 3.25. The number of aliphatic hydroxyl groups is 1. The Morgan fingerprint density at radius 2 is 2.56 bits per heavy atom. The Hall–Kier alpha value is -0.830. The van der Waals surface area contributed by atoms with Crippen LogP contribution in [0.4, 0.5) is 0 Å². The maximum absolute atomic E-state index is 8.42. The Bertz CT molecular complexity index is 148. The van der Waals surface area contributed by atoms with Crippen molar-refractivity contribution in [3.05, 3.63) is 18.2 Å². The molecule has 1 aromatic rings. The van der Waals surface area contributed by atoms with Gasteiger partial charge >= 0.3 is 0 Å². The molecule has 2 N–H and O–H groups in total. The molecule has 0 radical (unpaired) electrons. The zero-order valence-electron chi connectivity index (χ0n) is 5.17. The number of aromatic nitrogens is 2. The van der Waals surface area contributed by atoms with Gasteiger partial charge in [0.15, 0.2) is 0 Å². The van der Waals surface area contributed by atoms with Crippen molar-refractivity contribution >= 4 is 0 Å². The standard InChI is InChI=1S/C6H10N2O/c9-5-1-2-6-7-3-4-8-6/h3-4,9H,1-2,5H2,(H,7,8). The molecule has 1 heterocycles. The van der Waals surface area contributed by atoms with Crippen molar-refractivity contribution in [1.82, 2.24) is 9.97 Å². The lowest BCUT2D eigenvalue weighted by Gasteiger charge is -1.89. The number of aliphatic hydroxyl groups excluding tert-OH is 1. The molecule has 0 aliphatic rings. The van der Waals surface area contributed by atoms with Gasteiger partial charge in [0, 0.05) is 25.4 Å². The summed E-state index contributed by atoms with van der Waals surface area (Å²) in [5.74, 6) is 0.948. The first-order chi connectivity index (χ1) is 4.43. The third kappa shape index (κ3) is 1.85. The van der Waals surface area contributed by atoms with Crippen LogP contribution < -0.4 is 0 Å². The lowest BCUT2D eigenvalue weighted by molar-refractivity contribution is 0.287. The van der Waals surface area contributed by atoms with Gasteiger partial charge < -0.3 is 10.1 Å². The van der Waals surface area contributed by atoms with Gasteiger partial charge in [-0.1, -0.05) is 0 Å². The topological polar surface area (TPSA) is 48.9 Å². The first kappa shape index (κ1) is 6.29. The van der Waals surface area contributed by atoms with Crippen LogP contribution in [-0.2, 0) is 6.42 Å². The molecule has 1 rings (SSSR count). The maximum atomic E-state index is 8.42. The monoisotopic (exact) mass is 126 g/mol. The van der Waals surface area contributed by atoms with E-state index in [4.69, 9.17) is 5.11 Å². The van der Waals surface area contributed by atoms with E-state index >= 15 is 0 Å². The number of hydrogen-bond acceptors (Lipinski definition) is 2. The van der Waals surface area contributed by atoms with E-state index < -0.39 is 0 Å². The summed E-state index contributed by atoms with van der Waals surface area (Å²) in [7, 11) is 0. The zero-order valence-corrected chi connectivity index (χ0v) is 5.17. The normalized spacial score (nSPS) is 9.89. The highest BCUT2D eigenvalue weighted by atomic mass is 16.2. The molecule has 0 saturated heterocycles. The lowest BCUT2D eigenvalue weighted by atomic mass is 10.3. The second-order valence-corrected chi connectivity index (χ2v) is 1.86. The number of nitrogens with zero attached hydrogens (tertiary/aromatic N) is 1. The van der Waals surface area contributed by atoms with Crippen LogP contribution in [0.2, 0.25) is 0 Å². The molecule has 0 bridgehead atoms. The van der Waals surface area contributed by atoms with Crippen molar-refractivity contribution in [2.45, 2.75) is 12.8 Å². The fraction of sp³-hybridized carbons (Fsp3) is 0.500. The molecule has 0 unspecified atom stereocenters. The van der Waals surface area contributed by atoms with Crippen LogP contribution in [0.3, 0.4) is 0 Å². The van der Waals surface area contributed by atoms with Crippen LogP contribution in [0.25, 0.3) is 0 Å². The Morgan fingerprint density at radius 1 is 1.67 bits per heavy atom. The van der Waals surface area contributed by atoms with E-state index in [-0.39, 0.29) is 6.61 Å². The highest BCUT2D eigenvalue weighted by molar-refractivity contribution is 4.86. The van der Waals surface area contributed by atoms with Gasteiger partial charge in [0.2, 0.25) is 0 Å². The van der Waals surface area contributed by atoms with Gasteiger partial charge in [0.1, 0.15) is 5.82 Å². The van der Waals surface area contributed by atoms with Crippen LogP contribution in [0.15, 0.2) is 12.4 Å². The van der Waals surface area contributed by atoms with Gasteiger partial charge in [-0.25, -0.2) is 4.98 Å². The minimum absolute atomic E-state index is 0.237. The SMILES string of the molecule is OCCCc1ncc[nH]1.